The molecule has 0 radical (unpaired) electrons. The van der Waals surface area contributed by atoms with Gasteiger partial charge in [0.1, 0.15) is 13.5 Å². The number of unbranched alkanes of at least 4 members (excludes halogenated alkanes) is 3. The minimum Gasteiger partial charge on any atom is -0.376 e. The van der Waals surface area contributed by atoms with Gasteiger partial charge in [0, 0.05) is 5.92 Å². The number of aliphatic hydroxyl groups is 2. The van der Waals surface area contributed by atoms with Crippen LogP contribution in [0.1, 0.15) is 52.4 Å². The molecule has 1 amide bonds. The van der Waals surface area contributed by atoms with Gasteiger partial charge in [-0.05, 0) is 12.8 Å². The van der Waals surface area contributed by atoms with E-state index in [0.717, 1.165) is 30.6 Å². The van der Waals surface area contributed by atoms with Gasteiger partial charge in [0.05, 0.1) is 0 Å². The van der Waals surface area contributed by atoms with Crippen molar-refractivity contribution in [2.75, 3.05) is 13.5 Å². The molecule has 2 N–H and O–H groups in total. The largest absolute Gasteiger partial charge is 0.376 e. The molecular formula is C12H25NO3. The first-order valence-corrected chi connectivity index (χ1v) is 6.21. The summed E-state index contributed by atoms with van der Waals surface area (Å²) in [6.07, 6.45) is 6.20. The summed E-state index contributed by atoms with van der Waals surface area (Å²) >= 11 is 0. The number of hydrogen-bond donors (Lipinski definition) is 2. The second-order valence-electron chi connectivity index (χ2n) is 4.12. The van der Waals surface area contributed by atoms with Gasteiger partial charge in [0.2, 0.25) is 5.91 Å². The summed E-state index contributed by atoms with van der Waals surface area (Å²) < 4.78 is 0. The van der Waals surface area contributed by atoms with Crippen molar-refractivity contribution in [2.24, 2.45) is 5.92 Å². The van der Waals surface area contributed by atoms with E-state index >= 15 is 0 Å². The molecule has 0 spiro atoms. The summed E-state index contributed by atoms with van der Waals surface area (Å²) in [7, 11) is 0. The van der Waals surface area contributed by atoms with Crippen molar-refractivity contribution in [2.45, 2.75) is 52.4 Å². The topological polar surface area (TPSA) is 60.8 Å². The Morgan fingerprint density at radius 3 is 2.19 bits per heavy atom. The summed E-state index contributed by atoms with van der Waals surface area (Å²) in [6.45, 7) is 3.32. The highest BCUT2D eigenvalue weighted by atomic mass is 16.3. The molecular weight excluding hydrogens is 206 g/mol. The fourth-order valence-corrected chi connectivity index (χ4v) is 1.76. The molecule has 96 valence electrons. The molecule has 1 unspecified atom stereocenters. The van der Waals surface area contributed by atoms with Crippen molar-refractivity contribution >= 4 is 5.91 Å². The quantitative estimate of drug-likeness (QED) is 0.469. The number of rotatable bonds is 9. The maximum Gasteiger partial charge on any atom is 0.229 e. The minimum absolute atomic E-state index is 0.0591. The van der Waals surface area contributed by atoms with E-state index < -0.39 is 13.5 Å². The number of aliphatic hydroxyl groups excluding tert-OH is 2. The second-order valence-corrected chi connectivity index (χ2v) is 4.12. The van der Waals surface area contributed by atoms with Crippen LogP contribution in [0.2, 0.25) is 0 Å². The Balaban J connectivity index is 4.00. The number of amides is 1. The van der Waals surface area contributed by atoms with Crippen LogP contribution in [-0.2, 0) is 4.79 Å². The Bertz CT molecular complexity index is 181. The Morgan fingerprint density at radius 2 is 1.75 bits per heavy atom. The molecule has 0 aliphatic rings. The molecule has 0 aromatic carbocycles. The predicted octanol–water partition coefficient (Wildman–Crippen LogP) is 1.71. The molecule has 0 aromatic rings. The van der Waals surface area contributed by atoms with Crippen LogP contribution in [0.3, 0.4) is 0 Å². The Morgan fingerprint density at radius 1 is 1.12 bits per heavy atom. The highest BCUT2D eigenvalue weighted by Gasteiger charge is 2.21. The van der Waals surface area contributed by atoms with E-state index in [1.807, 2.05) is 6.92 Å². The molecule has 0 aliphatic carbocycles. The second kappa shape index (κ2) is 9.60. The van der Waals surface area contributed by atoms with Crippen molar-refractivity contribution in [1.29, 1.82) is 0 Å². The zero-order chi connectivity index (χ0) is 12.4. The number of nitrogens with zero attached hydrogens (tertiary/aromatic N) is 1. The molecule has 4 heteroatoms. The van der Waals surface area contributed by atoms with Crippen LogP contribution in [0.15, 0.2) is 0 Å². The maximum atomic E-state index is 11.8. The SMILES string of the molecule is CCCCCCC(CC)C(=O)N(CO)CO. The average molecular weight is 231 g/mol. The van der Waals surface area contributed by atoms with Gasteiger partial charge < -0.3 is 10.2 Å². The van der Waals surface area contributed by atoms with Gasteiger partial charge in [0.15, 0.2) is 0 Å². The van der Waals surface area contributed by atoms with Gasteiger partial charge in [0.25, 0.3) is 0 Å². The van der Waals surface area contributed by atoms with E-state index in [2.05, 4.69) is 6.92 Å². The van der Waals surface area contributed by atoms with Crippen LogP contribution in [0, 0.1) is 5.92 Å². The lowest BCUT2D eigenvalue weighted by atomic mass is 9.97. The molecule has 0 aromatic heterocycles. The van der Waals surface area contributed by atoms with E-state index in [4.69, 9.17) is 10.2 Å². The summed E-state index contributed by atoms with van der Waals surface area (Å²) in [5.41, 5.74) is 0. The smallest absolute Gasteiger partial charge is 0.229 e. The van der Waals surface area contributed by atoms with Crippen LogP contribution in [-0.4, -0.2) is 34.5 Å². The van der Waals surface area contributed by atoms with Crippen molar-refractivity contribution in [3.63, 3.8) is 0 Å². The summed E-state index contributed by atoms with van der Waals surface area (Å²) in [5.74, 6) is -0.194. The third-order valence-electron chi connectivity index (χ3n) is 2.90. The number of carbonyl (C=O) groups is 1. The lowest BCUT2D eigenvalue weighted by Crippen LogP contribution is -2.37. The van der Waals surface area contributed by atoms with Crippen LogP contribution in [0.25, 0.3) is 0 Å². The molecule has 0 saturated heterocycles. The van der Waals surface area contributed by atoms with E-state index in [0.29, 0.717) is 0 Å². The van der Waals surface area contributed by atoms with E-state index in [-0.39, 0.29) is 11.8 Å². The summed E-state index contributed by atoms with van der Waals surface area (Å²) in [6, 6.07) is 0. The minimum atomic E-state index is -0.402. The summed E-state index contributed by atoms with van der Waals surface area (Å²) in [5, 5.41) is 17.8. The van der Waals surface area contributed by atoms with Gasteiger partial charge in [-0.2, -0.15) is 0 Å². The maximum absolute atomic E-state index is 11.8. The molecule has 0 heterocycles. The fourth-order valence-electron chi connectivity index (χ4n) is 1.76. The van der Waals surface area contributed by atoms with Crippen LogP contribution in [0.4, 0.5) is 0 Å². The molecule has 4 nitrogen and oxygen atoms in total. The molecule has 0 fully saturated rings. The van der Waals surface area contributed by atoms with Crippen molar-refractivity contribution < 1.29 is 15.0 Å². The Kier molecular flexibility index (Phi) is 9.24. The number of carbonyl (C=O) groups excluding carboxylic acids is 1. The summed E-state index contributed by atoms with van der Waals surface area (Å²) in [4.78, 5) is 12.9. The van der Waals surface area contributed by atoms with Gasteiger partial charge in [-0.15, -0.1) is 0 Å². The van der Waals surface area contributed by atoms with Gasteiger partial charge in [-0.25, -0.2) is 0 Å². The molecule has 0 rings (SSSR count). The first-order chi connectivity index (χ1) is 7.71. The zero-order valence-electron chi connectivity index (χ0n) is 10.5. The van der Waals surface area contributed by atoms with Crippen LogP contribution < -0.4 is 0 Å². The fraction of sp³-hybridized carbons (Fsp3) is 0.917. The monoisotopic (exact) mass is 231 g/mol. The normalized spacial score (nSPS) is 12.5. The average Bonchev–Trinajstić information content (AvgIpc) is 2.30. The lowest BCUT2D eigenvalue weighted by Gasteiger charge is -2.22. The molecule has 0 saturated carbocycles. The van der Waals surface area contributed by atoms with Crippen molar-refractivity contribution in [1.82, 2.24) is 4.90 Å². The molecule has 16 heavy (non-hydrogen) atoms. The van der Waals surface area contributed by atoms with Crippen LogP contribution >= 0.6 is 0 Å². The van der Waals surface area contributed by atoms with E-state index in [9.17, 15) is 4.79 Å². The highest BCUT2D eigenvalue weighted by Crippen LogP contribution is 2.16. The van der Waals surface area contributed by atoms with Gasteiger partial charge >= 0.3 is 0 Å². The van der Waals surface area contributed by atoms with Gasteiger partial charge in [-0.3, -0.25) is 9.69 Å². The van der Waals surface area contributed by atoms with E-state index in [1.165, 1.54) is 12.8 Å². The van der Waals surface area contributed by atoms with Crippen molar-refractivity contribution in [3.05, 3.63) is 0 Å². The standard InChI is InChI=1S/C12H25NO3/c1-3-5-6-7-8-11(4-2)12(16)13(9-14)10-15/h11,14-15H,3-10H2,1-2H3. The highest BCUT2D eigenvalue weighted by molar-refractivity contribution is 5.78. The predicted molar refractivity (Wildman–Crippen MR) is 63.6 cm³/mol. The number of hydrogen-bond acceptors (Lipinski definition) is 3. The first-order valence-electron chi connectivity index (χ1n) is 6.21. The third-order valence-corrected chi connectivity index (χ3v) is 2.90. The first kappa shape index (κ1) is 15.4. The van der Waals surface area contributed by atoms with Crippen molar-refractivity contribution in [3.8, 4) is 0 Å². The Labute approximate surface area is 98.3 Å². The van der Waals surface area contributed by atoms with Crippen LogP contribution in [0.5, 0.6) is 0 Å². The Hall–Kier alpha value is -0.610. The van der Waals surface area contributed by atoms with E-state index in [1.54, 1.807) is 0 Å². The lowest BCUT2D eigenvalue weighted by molar-refractivity contribution is -0.144. The molecule has 0 aliphatic heterocycles. The van der Waals surface area contributed by atoms with Gasteiger partial charge in [-0.1, -0.05) is 39.5 Å². The third kappa shape index (κ3) is 5.47. The molecule has 1 atom stereocenters. The zero-order valence-corrected chi connectivity index (χ0v) is 10.5. The molecule has 0 bridgehead atoms.